The van der Waals surface area contributed by atoms with Crippen LogP contribution in [0.5, 0.6) is 0 Å². The van der Waals surface area contributed by atoms with E-state index in [2.05, 4.69) is 19.2 Å². The van der Waals surface area contributed by atoms with E-state index < -0.39 is 6.10 Å². The maximum absolute atomic E-state index is 12.5. The molecule has 0 radical (unpaired) electrons. The van der Waals surface area contributed by atoms with Gasteiger partial charge < -0.3 is 20.7 Å². The number of anilines is 1. The second kappa shape index (κ2) is 9.53. The van der Waals surface area contributed by atoms with Crippen molar-refractivity contribution >= 4 is 17.5 Å². The first-order chi connectivity index (χ1) is 12.1. The number of rotatable bonds is 8. The van der Waals surface area contributed by atoms with E-state index in [1.165, 1.54) is 0 Å². The van der Waals surface area contributed by atoms with Crippen LogP contribution in [0.15, 0.2) is 24.3 Å². The van der Waals surface area contributed by atoms with Gasteiger partial charge in [-0.05, 0) is 49.9 Å². The molecule has 1 aliphatic rings. The lowest BCUT2D eigenvalue weighted by molar-refractivity contribution is -0.126. The van der Waals surface area contributed by atoms with Crippen molar-refractivity contribution in [1.29, 1.82) is 0 Å². The molecule has 6 nitrogen and oxygen atoms in total. The molecule has 1 heterocycles. The van der Waals surface area contributed by atoms with Gasteiger partial charge in [0.2, 0.25) is 0 Å². The number of nitrogens with two attached hydrogens (primary N) is 1. The van der Waals surface area contributed by atoms with Crippen LogP contribution in [0, 0.1) is 0 Å². The Kier molecular flexibility index (Phi) is 7.40. The first-order valence-corrected chi connectivity index (χ1v) is 9.14. The standard InChI is InChI=1S/C19H29N3O3/c1-3-11-22(12-4-2)19(24)14-5-7-15(8-6-14)21-18(23)17-10-9-16(13-20)25-17/h5-8,16-17H,3-4,9-13,20H2,1-2H3,(H,21,23)/t16-,17+/m1/s1. The number of carbonyl (C=O) groups is 2. The van der Waals surface area contributed by atoms with Gasteiger partial charge in [0.1, 0.15) is 6.10 Å². The summed E-state index contributed by atoms with van der Waals surface area (Å²) in [6.45, 7) is 6.08. The Hall–Kier alpha value is -1.92. The molecule has 2 amide bonds. The number of carbonyl (C=O) groups excluding carboxylic acids is 2. The highest BCUT2D eigenvalue weighted by Crippen LogP contribution is 2.21. The molecule has 1 aromatic rings. The predicted molar refractivity (Wildman–Crippen MR) is 98.5 cm³/mol. The molecule has 2 rings (SSSR count). The van der Waals surface area contributed by atoms with Crippen molar-refractivity contribution in [3.63, 3.8) is 0 Å². The summed E-state index contributed by atoms with van der Waals surface area (Å²) in [6, 6.07) is 7.04. The summed E-state index contributed by atoms with van der Waals surface area (Å²) in [6.07, 6.45) is 2.90. The van der Waals surface area contributed by atoms with Gasteiger partial charge in [0.25, 0.3) is 11.8 Å². The third kappa shape index (κ3) is 5.28. The number of hydrogen-bond donors (Lipinski definition) is 2. The quantitative estimate of drug-likeness (QED) is 0.756. The highest BCUT2D eigenvalue weighted by molar-refractivity contribution is 5.97. The van der Waals surface area contributed by atoms with E-state index in [1.807, 2.05) is 4.90 Å². The summed E-state index contributed by atoms with van der Waals surface area (Å²) in [5.74, 6) is -0.125. The largest absolute Gasteiger partial charge is 0.364 e. The molecule has 138 valence electrons. The highest BCUT2D eigenvalue weighted by Gasteiger charge is 2.29. The van der Waals surface area contributed by atoms with Crippen LogP contribution in [0.3, 0.4) is 0 Å². The van der Waals surface area contributed by atoms with Crippen LogP contribution >= 0.6 is 0 Å². The summed E-state index contributed by atoms with van der Waals surface area (Å²) in [5.41, 5.74) is 6.87. The maximum atomic E-state index is 12.5. The first kappa shape index (κ1) is 19.4. The lowest BCUT2D eigenvalue weighted by atomic mass is 10.1. The summed E-state index contributed by atoms with van der Waals surface area (Å²) < 4.78 is 5.59. The van der Waals surface area contributed by atoms with Gasteiger partial charge in [0.15, 0.2) is 0 Å². The smallest absolute Gasteiger partial charge is 0.253 e. The second-order valence-electron chi connectivity index (χ2n) is 6.42. The zero-order valence-corrected chi connectivity index (χ0v) is 15.2. The van der Waals surface area contributed by atoms with Crippen molar-refractivity contribution in [3.05, 3.63) is 29.8 Å². The van der Waals surface area contributed by atoms with Crippen LogP contribution < -0.4 is 11.1 Å². The second-order valence-corrected chi connectivity index (χ2v) is 6.42. The molecule has 1 fully saturated rings. The molecule has 6 heteroatoms. The number of ether oxygens (including phenoxy) is 1. The SMILES string of the molecule is CCCN(CCC)C(=O)c1ccc(NC(=O)[C@@H]2CC[C@H](CN)O2)cc1. The predicted octanol–water partition coefficient (Wildman–Crippen LogP) is 2.39. The molecular formula is C19H29N3O3. The van der Waals surface area contributed by atoms with Gasteiger partial charge in [-0.3, -0.25) is 9.59 Å². The monoisotopic (exact) mass is 347 g/mol. The molecule has 0 aromatic heterocycles. The zero-order valence-electron chi connectivity index (χ0n) is 15.2. The van der Waals surface area contributed by atoms with Crippen LogP contribution in [0.2, 0.25) is 0 Å². The summed E-state index contributed by atoms with van der Waals surface area (Å²) >= 11 is 0. The van der Waals surface area contributed by atoms with E-state index in [1.54, 1.807) is 24.3 Å². The molecule has 0 aliphatic carbocycles. The van der Waals surface area contributed by atoms with Crippen molar-refractivity contribution in [3.8, 4) is 0 Å². The first-order valence-electron chi connectivity index (χ1n) is 9.14. The van der Waals surface area contributed by atoms with Crippen LogP contribution in [0.25, 0.3) is 0 Å². The lowest BCUT2D eigenvalue weighted by Gasteiger charge is -2.21. The minimum Gasteiger partial charge on any atom is -0.364 e. The number of nitrogens with one attached hydrogen (secondary N) is 1. The molecule has 1 saturated heterocycles. The molecule has 2 atom stereocenters. The van der Waals surface area contributed by atoms with E-state index in [4.69, 9.17) is 10.5 Å². The highest BCUT2D eigenvalue weighted by atomic mass is 16.5. The fourth-order valence-electron chi connectivity index (χ4n) is 3.03. The number of benzene rings is 1. The number of amides is 2. The van der Waals surface area contributed by atoms with Crippen molar-refractivity contribution in [1.82, 2.24) is 4.90 Å². The van der Waals surface area contributed by atoms with Gasteiger partial charge in [-0.25, -0.2) is 0 Å². The summed E-state index contributed by atoms with van der Waals surface area (Å²) in [7, 11) is 0. The van der Waals surface area contributed by atoms with Crippen LogP contribution in [0.4, 0.5) is 5.69 Å². The Bertz CT molecular complexity index is 568. The average molecular weight is 347 g/mol. The van der Waals surface area contributed by atoms with Crippen LogP contribution in [0.1, 0.15) is 49.9 Å². The van der Waals surface area contributed by atoms with Gasteiger partial charge in [0, 0.05) is 30.9 Å². The topological polar surface area (TPSA) is 84.7 Å². The normalized spacial score (nSPS) is 19.6. The number of nitrogens with zero attached hydrogens (tertiary/aromatic N) is 1. The van der Waals surface area contributed by atoms with Gasteiger partial charge in [-0.2, -0.15) is 0 Å². The average Bonchev–Trinajstić information content (AvgIpc) is 3.11. The van der Waals surface area contributed by atoms with Gasteiger partial charge >= 0.3 is 0 Å². The molecule has 25 heavy (non-hydrogen) atoms. The van der Waals surface area contributed by atoms with Crippen molar-refractivity contribution in [2.24, 2.45) is 5.73 Å². The van der Waals surface area contributed by atoms with E-state index in [0.717, 1.165) is 32.4 Å². The molecule has 0 spiro atoms. The fourth-order valence-corrected chi connectivity index (χ4v) is 3.03. The summed E-state index contributed by atoms with van der Waals surface area (Å²) in [4.78, 5) is 26.6. The Morgan fingerprint density at radius 2 is 1.80 bits per heavy atom. The van der Waals surface area contributed by atoms with E-state index in [-0.39, 0.29) is 17.9 Å². The molecule has 3 N–H and O–H groups in total. The Labute approximate surface area is 149 Å². The molecular weight excluding hydrogens is 318 g/mol. The molecule has 1 aromatic carbocycles. The molecule has 0 saturated carbocycles. The van der Waals surface area contributed by atoms with Crippen molar-refractivity contribution in [2.45, 2.75) is 51.7 Å². The lowest BCUT2D eigenvalue weighted by Crippen LogP contribution is -2.32. The molecule has 0 bridgehead atoms. The fraction of sp³-hybridized carbons (Fsp3) is 0.579. The third-order valence-electron chi connectivity index (χ3n) is 4.34. The van der Waals surface area contributed by atoms with Gasteiger partial charge in [-0.1, -0.05) is 13.8 Å². The zero-order chi connectivity index (χ0) is 18.2. The van der Waals surface area contributed by atoms with Crippen LogP contribution in [-0.2, 0) is 9.53 Å². The van der Waals surface area contributed by atoms with Crippen molar-refractivity contribution in [2.75, 3.05) is 25.0 Å². The van der Waals surface area contributed by atoms with Gasteiger partial charge in [0.05, 0.1) is 6.10 Å². The Morgan fingerprint density at radius 1 is 1.16 bits per heavy atom. The van der Waals surface area contributed by atoms with E-state index >= 15 is 0 Å². The van der Waals surface area contributed by atoms with Crippen LogP contribution in [-0.4, -0.2) is 48.6 Å². The van der Waals surface area contributed by atoms with E-state index in [0.29, 0.717) is 24.2 Å². The van der Waals surface area contributed by atoms with Crippen molar-refractivity contribution < 1.29 is 14.3 Å². The Morgan fingerprint density at radius 3 is 2.32 bits per heavy atom. The third-order valence-corrected chi connectivity index (χ3v) is 4.34. The minimum atomic E-state index is -0.445. The molecule has 1 aliphatic heterocycles. The Balaban J connectivity index is 1.95. The van der Waals surface area contributed by atoms with E-state index in [9.17, 15) is 9.59 Å². The maximum Gasteiger partial charge on any atom is 0.253 e. The summed E-state index contributed by atoms with van der Waals surface area (Å²) in [5, 5.41) is 2.84. The number of hydrogen-bond acceptors (Lipinski definition) is 4. The van der Waals surface area contributed by atoms with Gasteiger partial charge in [-0.15, -0.1) is 0 Å². The minimum absolute atomic E-state index is 0.0288. The molecule has 0 unspecified atom stereocenters.